The van der Waals surface area contributed by atoms with E-state index in [0.29, 0.717) is 0 Å². The molecule has 0 aliphatic heterocycles. The molecule has 2 nitrogen and oxygen atoms in total. The van der Waals surface area contributed by atoms with Gasteiger partial charge in [0.25, 0.3) is 0 Å². The van der Waals surface area contributed by atoms with Crippen LogP contribution in [0.4, 0.5) is 0 Å². The first-order valence-corrected chi connectivity index (χ1v) is 0. The van der Waals surface area contributed by atoms with Crippen molar-refractivity contribution < 1.29 is 37.2 Å². The number of hydrogen-bond acceptors (Lipinski definition) is 0. The van der Waals surface area contributed by atoms with E-state index >= 15 is 0 Å². The molecule has 0 spiro atoms. The Balaban J connectivity index is 0. The Morgan fingerprint density at radius 2 is 0.750 bits per heavy atom. The summed E-state index contributed by atoms with van der Waals surface area (Å²) in [7, 11) is 0. The van der Waals surface area contributed by atoms with Crippen LogP contribution < -0.4 is 0 Å². The van der Waals surface area contributed by atoms with E-state index in [1.165, 1.54) is 0 Å². The van der Waals surface area contributed by atoms with Gasteiger partial charge in [-0.2, -0.15) is 0 Å². The first-order valence-electron chi connectivity index (χ1n) is 0. The van der Waals surface area contributed by atoms with Gasteiger partial charge in [0, 0.05) is 43.6 Å². The fourth-order valence-corrected chi connectivity index (χ4v) is 0. The molecule has 0 fully saturated rings. The van der Waals surface area contributed by atoms with Crippen molar-refractivity contribution >= 4 is 17.4 Å². The van der Waals surface area contributed by atoms with E-state index < -0.39 is 0 Å². The van der Waals surface area contributed by atoms with Gasteiger partial charge in [0.05, 0.1) is 0 Å². The van der Waals surface area contributed by atoms with E-state index in [1.54, 1.807) is 0 Å². The van der Waals surface area contributed by atoms with Crippen molar-refractivity contribution in [3.8, 4) is 0 Å². The molecule has 0 aliphatic rings. The molecule has 0 aromatic carbocycles. The molecule has 0 aromatic heterocycles. The quantitative estimate of drug-likeness (QED) is 0.361. The summed E-state index contributed by atoms with van der Waals surface area (Å²) in [5.41, 5.74) is 0. The summed E-state index contributed by atoms with van der Waals surface area (Å²) in [6.07, 6.45) is 0. The van der Waals surface area contributed by atoms with Gasteiger partial charge < -0.3 is 11.0 Å². The molecule has 23 valence electrons. The van der Waals surface area contributed by atoms with Crippen LogP contribution in [0.25, 0.3) is 0 Å². The summed E-state index contributed by atoms with van der Waals surface area (Å²) < 4.78 is 0. The summed E-state index contributed by atoms with van der Waals surface area (Å²) in [6.45, 7) is 0. The van der Waals surface area contributed by atoms with Crippen LogP contribution in [-0.4, -0.2) is 28.3 Å². The van der Waals surface area contributed by atoms with Crippen molar-refractivity contribution in [1.29, 1.82) is 0 Å². The normalized spacial score (nSPS) is 0. The molecule has 0 bridgehead atoms. The van der Waals surface area contributed by atoms with Crippen molar-refractivity contribution in [3.63, 3.8) is 0 Å². The van der Waals surface area contributed by atoms with Crippen LogP contribution in [0.1, 0.15) is 0 Å². The van der Waals surface area contributed by atoms with E-state index in [2.05, 4.69) is 0 Å². The molecular formula is H4AlO2Zr. The molecular weight excluding hydrogens is 150 g/mol. The zero-order valence-electron chi connectivity index (χ0n) is 2.08. The SMILES string of the molecule is O.O.[Al].[Zr]. The molecule has 0 aromatic rings. The van der Waals surface area contributed by atoms with Gasteiger partial charge in [-0.05, 0) is 0 Å². The van der Waals surface area contributed by atoms with Gasteiger partial charge in [-0.25, -0.2) is 0 Å². The number of rotatable bonds is 0. The van der Waals surface area contributed by atoms with Crippen molar-refractivity contribution in [1.82, 2.24) is 0 Å². The first-order chi connectivity index (χ1) is 0. The summed E-state index contributed by atoms with van der Waals surface area (Å²) >= 11 is 0. The van der Waals surface area contributed by atoms with E-state index in [4.69, 9.17) is 0 Å². The Morgan fingerprint density at radius 3 is 0.750 bits per heavy atom. The van der Waals surface area contributed by atoms with Crippen molar-refractivity contribution in [2.45, 2.75) is 0 Å². The molecule has 0 amide bonds. The fraction of sp³-hybridized carbons (Fsp3) is 0. The van der Waals surface area contributed by atoms with Gasteiger partial charge in [0.1, 0.15) is 0 Å². The van der Waals surface area contributed by atoms with E-state index in [9.17, 15) is 0 Å². The minimum atomic E-state index is 0. The van der Waals surface area contributed by atoms with Crippen LogP contribution in [-0.2, 0) is 26.2 Å². The standard InChI is InChI=1S/Al.2H2O.Zr/h;2*1H2;. The third-order valence-electron chi connectivity index (χ3n) is 0. The molecule has 0 aliphatic carbocycles. The van der Waals surface area contributed by atoms with E-state index in [0.717, 1.165) is 0 Å². The molecule has 0 heterocycles. The average Bonchev–Trinajstić information content (AvgIpc) is 0. The molecule has 4 N–H and O–H groups in total. The molecule has 4 heavy (non-hydrogen) atoms. The minimum absolute atomic E-state index is 0. The zero-order chi connectivity index (χ0) is 0. The summed E-state index contributed by atoms with van der Waals surface area (Å²) in [4.78, 5) is 0. The predicted octanol–water partition coefficient (Wildman–Crippen LogP) is -2.03. The fourth-order valence-electron chi connectivity index (χ4n) is 0. The second-order valence-corrected chi connectivity index (χ2v) is 0. The predicted molar refractivity (Wildman–Crippen MR) is 13.0 cm³/mol. The van der Waals surface area contributed by atoms with Crippen LogP contribution in [0, 0.1) is 0 Å². The Bertz CT molecular complexity index is 6.00. The van der Waals surface area contributed by atoms with Crippen molar-refractivity contribution in [3.05, 3.63) is 0 Å². The number of hydrogen-bond donors (Lipinski definition) is 0. The van der Waals surface area contributed by atoms with Gasteiger partial charge >= 0.3 is 0 Å². The second-order valence-electron chi connectivity index (χ2n) is 0. The summed E-state index contributed by atoms with van der Waals surface area (Å²) in [6, 6.07) is 0. The first kappa shape index (κ1) is 56.2. The molecule has 0 unspecified atom stereocenters. The molecule has 0 rings (SSSR count). The Morgan fingerprint density at radius 1 is 0.750 bits per heavy atom. The van der Waals surface area contributed by atoms with E-state index in [-0.39, 0.29) is 54.5 Å². The Kier molecular flexibility index (Phi) is 380. The van der Waals surface area contributed by atoms with Crippen LogP contribution in [0.5, 0.6) is 0 Å². The Labute approximate surface area is 54.5 Å². The van der Waals surface area contributed by atoms with Gasteiger partial charge in [-0.3, -0.25) is 0 Å². The van der Waals surface area contributed by atoms with Crippen LogP contribution >= 0.6 is 0 Å². The van der Waals surface area contributed by atoms with E-state index in [1.807, 2.05) is 0 Å². The average molecular weight is 154 g/mol. The minimum Gasteiger partial charge on any atom is -0.412 e. The zero-order valence-corrected chi connectivity index (χ0v) is 5.69. The maximum atomic E-state index is 0. The molecule has 3 radical (unpaired) electrons. The summed E-state index contributed by atoms with van der Waals surface area (Å²) in [5, 5.41) is 0. The van der Waals surface area contributed by atoms with Crippen LogP contribution in [0.2, 0.25) is 0 Å². The van der Waals surface area contributed by atoms with Gasteiger partial charge in [-0.1, -0.05) is 0 Å². The van der Waals surface area contributed by atoms with Gasteiger partial charge in [-0.15, -0.1) is 0 Å². The van der Waals surface area contributed by atoms with Crippen LogP contribution in [0.15, 0.2) is 0 Å². The Hall–Kier alpha value is 1.34. The third-order valence-corrected chi connectivity index (χ3v) is 0. The third kappa shape index (κ3) is 10.2. The largest absolute Gasteiger partial charge is 0.412 e. The second kappa shape index (κ2) is 27.0. The summed E-state index contributed by atoms with van der Waals surface area (Å²) in [5.74, 6) is 0. The van der Waals surface area contributed by atoms with Crippen LogP contribution in [0.3, 0.4) is 0 Å². The smallest absolute Gasteiger partial charge is 0 e. The monoisotopic (exact) mass is 153 g/mol. The van der Waals surface area contributed by atoms with Gasteiger partial charge in [0.15, 0.2) is 0 Å². The maximum absolute atomic E-state index is 0. The molecule has 0 atom stereocenters. The van der Waals surface area contributed by atoms with Crippen molar-refractivity contribution in [2.24, 2.45) is 0 Å². The van der Waals surface area contributed by atoms with Gasteiger partial charge in [0.2, 0.25) is 0 Å². The molecule has 4 heteroatoms. The molecule has 0 saturated heterocycles. The van der Waals surface area contributed by atoms with Crippen molar-refractivity contribution in [2.75, 3.05) is 0 Å². The maximum Gasteiger partial charge on any atom is 0 e. The molecule has 0 saturated carbocycles. The topological polar surface area (TPSA) is 63.0 Å².